The summed E-state index contributed by atoms with van der Waals surface area (Å²) in [5.41, 5.74) is 4.69. The quantitative estimate of drug-likeness (QED) is 0.471. The van der Waals surface area contributed by atoms with Crippen LogP contribution < -0.4 is 11.1 Å². The van der Waals surface area contributed by atoms with E-state index in [-0.39, 0.29) is 5.91 Å². The van der Waals surface area contributed by atoms with Crippen LogP contribution in [0.2, 0.25) is 0 Å². The summed E-state index contributed by atoms with van der Waals surface area (Å²) in [6, 6.07) is 0. The molecule has 2 aliphatic rings. The minimum atomic E-state index is -0.663. The Hall–Kier alpha value is -0.950. The third-order valence-corrected chi connectivity index (χ3v) is 6.36. The summed E-state index contributed by atoms with van der Waals surface area (Å²) in [6.45, 7) is 7.16. The Kier molecular flexibility index (Phi) is 7.22. The first-order chi connectivity index (χ1) is 11.5. The van der Waals surface area contributed by atoms with E-state index in [0.29, 0.717) is 24.1 Å². The van der Waals surface area contributed by atoms with Gasteiger partial charge in [0.15, 0.2) is 5.96 Å². The number of piperidine rings is 1. The third-order valence-electron chi connectivity index (χ3n) is 4.95. The van der Waals surface area contributed by atoms with E-state index in [9.17, 15) is 9.90 Å². The topological polar surface area (TPSA) is 91.0 Å². The number of carbonyl (C=O) groups is 1. The highest BCUT2D eigenvalue weighted by atomic mass is 32.2. The van der Waals surface area contributed by atoms with Crippen LogP contribution in [0.4, 0.5) is 0 Å². The zero-order valence-electron chi connectivity index (χ0n) is 15.0. The highest BCUT2D eigenvalue weighted by molar-refractivity contribution is 8.00. The fourth-order valence-corrected chi connectivity index (χ4v) is 4.75. The molecule has 1 heterocycles. The van der Waals surface area contributed by atoms with E-state index < -0.39 is 5.60 Å². The van der Waals surface area contributed by atoms with Crippen molar-refractivity contribution in [3.63, 3.8) is 0 Å². The molecular weight excluding hydrogens is 324 g/mol. The van der Waals surface area contributed by atoms with Crippen LogP contribution in [0.15, 0.2) is 4.99 Å². The van der Waals surface area contributed by atoms with Gasteiger partial charge in [-0.05, 0) is 44.3 Å². The summed E-state index contributed by atoms with van der Waals surface area (Å²) < 4.78 is 0. The molecule has 0 aromatic heterocycles. The lowest BCUT2D eigenvalue weighted by atomic mass is 9.79. The number of hydrogen-bond donors (Lipinski definition) is 3. The zero-order valence-corrected chi connectivity index (χ0v) is 15.8. The average molecular weight is 357 g/mol. The monoisotopic (exact) mass is 356 g/mol. The number of aliphatic imine (C=N–C) groups is 1. The van der Waals surface area contributed by atoms with Gasteiger partial charge in [0.25, 0.3) is 0 Å². The maximum Gasteiger partial charge on any atom is 0.217 e. The highest BCUT2D eigenvalue weighted by Gasteiger charge is 2.45. The van der Waals surface area contributed by atoms with Crippen molar-refractivity contribution in [1.82, 2.24) is 10.2 Å². The molecule has 0 bridgehead atoms. The van der Waals surface area contributed by atoms with E-state index in [4.69, 9.17) is 10.7 Å². The fraction of sp³-hybridized carbons (Fsp3) is 0.882. The molecule has 1 aliphatic carbocycles. The van der Waals surface area contributed by atoms with E-state index in [0.717, 1.165) is 57.0 Å². The second-order valence-corrected chi connectivity index (χ2v) is 8.36. The Balaban J connectivity index is 1.98. The predicted molar refractivity (Wildman–Crippen MR) is 100 cm³/mol. The first-order valence-corrected chi connectivity index (χ1v) is 10.2. The van der Waals surface area contributed by atoms with Crippen LogP contribution >= 0.6 is 11.8 Å². The van der Waals surface area contributed by atoms with Crippen molar-refractivity contribution in [1.29, 1.82) is 0 Å². The number of nitrogens with one attached hydrogen (secondary N) is 1. The maximum atomic E-state index is 11.2. The molecule has 3 unspecified atom stereocenters. The van der Waals surface area contributed by atoms with Crippen LogP contribution in [0, 0.1) is 5.92 Å². The molecule has 4 N–H and O–H groups in total. The number of thioether (sulfide) groups is 1. The number of nitrogens with two attached hydrogens (primary N) is 1. The van der Waals surface area contributed by atoms with Crippen molar-refractivity contribution in [2.45, 2.75) is 56.8 Å². The molecule has 2 rings (SSSR count). The number of carbonyl (C=O) groups excluding carboxylic acids is 1. The summed E-state index contributed by atoms with van der Waals surface area (Å²) >= 11 is 1.83. The molecule has 3 atom stereocenters. The molecule has 0 spiro atoms. The highest BCUT2D eigenvalue weighted by Crippen LogP contribution is 2.41. The molecule has 6 nitrogen and oxygen atoms in total. The normalized spacial score (nSPS) is 30.8. The average Bonchev–Trinajstić information content (AvgIpc) is 2.54. The van der Waals surface area contributed by atoms with Crippen molar-refractivity contribution in [3.8, 4) is 0 Å². The molecule has 0 radical (unpaired) electrons. The molecule has 1 saturated carbocycles. The van der Waals surface area contributed by atoms with E-state index >= 15 is 0 Å². The first kappa shape index (κ1) is 19.4. The van der Waals surface area contributed by atoms with Crippen molar-refractivity contribution in [3.05, 3.63) is 0 Å². The van der Waals surface area contributed by atoms with Gasteiger partial charge in [0.05, 0.1) is 12.1 Å². The van der Waals surface area contributed by atoms with E-state index in [1.54, 1.807) is 0 Å². The summed E-state index contributed by atoms with van der Waals surface area (Å²) in [5, 5.41) is 14.4. The Labute approximate surface area is 149 Å². The van der Waals surface area contributed by atoms with Gasteiger partial charge in [-0.25, -0.2) is 0 Å². The van der Waals surface area contributed by atoms with Gasteiger partial charge >= 0.3 is 0 Å². The van der Waals surface area contributed by atoms with Gasteiger partial charge in [-0.3, -0.25) is 9.79 Å². The Morgan fingerprint density at radius 1 is 1.46 bits per heavy atom. The number of aliphatic hydroxyl groups is 1. The Morgan fingerprint density at radius 2 is 2.25 bits per heavy atom. The number of amides is 1. The lowest BCUT2D eigenvalue weighted by Crippen LogP contribution is -2.53. The van der Waals surface area contributed by atoms with Gasteiger partial charge in [0.2, 0.25) is 5.91 Å². The predicted octanol–water partition coefficient (Wildman–Crippen LogP) is 1.19. The van der Waals surface area contributed by atoms with E-state index in [2.05, 4.69) is 17.1 Å². The number of rotatable bonds is 7. The number of nitrogens with zero attached hydrogens (tertiary/aromatic N) is 2. The van der Waals surface area contributed by atoms with E-state index in [1.807, 2.05) is 18.7 Å². The lowest BCUT2D eigenvalue weighted by molar-refractivity contribution is -0.119. The summed E-state index contributed by atoms with van der Waals surface area (Å²) in [4.78, 5) is 18.1. The lowest BCUT2D eigenvalue weighted by Gasteiger charge is -2.44. The van der Waals surface area contributed by atoms with Gasteiger partial charge in [-0.2, -0.15) is 11.8 Å². The minimum Gasteiger partial charge on any atom is -0.387 e. The van der Waals surface area contributed by atoms with E-state index in [1.165, 1.54) is 0 Å². The molecule has 138 valence electrons. The zero-order chi connectivity index (χ0) is 17.6. The molecule has 7 heteroatoms. The van der Waals surface area contributed by atoms with Crippen molar-refractivity contribution >= 4 is 23.6 Å². The van der Waals surface area contributed by atoms with Gasteiger partial charge in [-0.15, -0.1) is 0 Å². The van der Waals surface area contributed by atoms with Crippen molar-refractivity contribution < 1.29 is 9.90 Å². The first-order valence-electron chi connectivity index (χ1n) is 9.14. The van der Waals surface area contributed by atoms with Gasteiger partial charge in [0.1, 0.15) is 0 Å². The van der Waals surface area contributed by atoms with Crippen LogP contribution in [0.25, 0.3) is 0 Å². The van der Waals surface area contributed by atoms with Crippen LogP contribution in [0.3, 0.4) is 0 Å². The van der Waals surface area contributed by atoms with Crippen LogP contribution in [0.5, 0.6) is 0 Å². The van der Waals surface area contributed by atoms with Gasteiger partial charge < -0.3 is 21.1 Å². The fourth-order valence-electron chi connectivity index (χ4n) is 3.56. The van der Waals surface area contributed by atoms with Crippen molar-refractivity contribution in [2.24, 2.45) is 16.6 Å². The molecule has 2 fully saturated rings. The second-order valence-electron chi connectivity index (χ2n) is 6.88. The number of likely N-dealkylation sites (tertiary alicyclic amines) is 1. The number of primary amides is 1. The third kappa shape index (κ3) is 5.02. The summed E-state index contributed by atoms with van der Waals surface area (Å²) in [6.07, 6.45) is 4.43. The maximum absolute atomic E-state index is 11.2. The van der Waals surface area contributed by atoms with Crippen LogP contribution in [-0.4, -0.2) is 64.7 Å². The minimum absolute atomic E-state index is 0.230. The van der Waals surface area contributed by atoms with Crippen LogP contribution in [-0.2, 0) is 4.79 Å². The molecular formula is C17H32N4O2S. The molecule has 1 saturated heterocycles. The Bertz CT molecular complexity index is 460. The molecule has 0 aromatic carbocycles. The van der Waals surface area contributed by atoms with Crippen LogP contribution in [0.1, 0.15) is 46.0 Å². The largest absolute Gasteiger partial charge is 0.387 e. The van der Waals surface area contributed by atoms with Gasteiger partial charge in [-0.1, -0.05) is 6.92 Å². The number of hydrogen-bond acceptors (Lipinski definition) is 4. The molecule has 1 amide bonds. The van der Waals surface area contributed by atoms with Crippen molar-refractivity contribution in [2.75, 3.05) is 31.9 Å². The summed E-state index contributed by atoms with van der Waals surface area (Å²) in [5.74, 6) is 1.95. The molecule has 24 heavy (non-hydrogen) atoms. The standard InChI is InChI=1S/C17H32N4O2S/c1-3-19-16(20-12-17(23)8-7-14(17)24-4-2)21-9-5-6-13(11-21)10-15(18)22/h13-14,23H,3-12H2,1-2H3,(H2,18,22)(H,19,20). The smallest absolute Gasteiger partial charge is 0.217 e. The SMILES string of the molecule is CCNC(=NCC1(O)CCC1SCC)N1CCCC(CC(N)=O)C1. The Morgan fingerprint density at radius 3 is 2.83 bits per heavy atom. The summed E-state index contributed by atoms with van der Waals surface area (Å²) in [7, 11) is 0. The second kappa shape index (κ2) is 8.94. The van der Waals surface area contributed by atoms with Gasteiger partial charge in [0, 0.05) is 31.3 Å². The number of guanidine groups is 1. The molecule has 1 aliphatic heterocycles. The molecule has 0 aromatic rings.